The van der Waals surface area contributed by atoms with Crippen molar-refractivity contribution in [3.8, 4) is 0 Å². The molecular weight excluding hydrogens is 270 g/mol. The maximum absolute atomic E-state index is 11.3. The number of hydrogen-bond donors (Lipinski definition) is 0. The summed E-state index contributed by atoms with van der Waals surface area (Å²) in [5.74, 6) is 0. The van der Waals surface area contributed by atoms with Gasteiger partial charge in [0.15, 0.2) is 0 Å². The molecule has 2 heterocycles. The Balaban J connectivity index is 2.17. The number of nitro benzene ring substituents is 1. The predicted octanol–water partition coefficient (Wildman–Crippen LogP) is 2.70. The molecule has 0 radical (unpaired) electrons. The zero-order chi connectivity index (χ0) is 14.8. The first-order chi connectivity index (χ1) is 10.2. The van der Waals surface area contributed by atoms with E-state index in [4.69, 9.17) is 0 Å². The van der Waals surface area contributed by atoms with Crippen molar-refractivity contribution in [3.63, 3.8) is 0 Å². The third-order valence-electron chi connectivity index (χ3n) is 3.98. The molecule has 1 aromatic heterocycles. The van der Waals surface area contributed by atoms with Crippen LogP contribution in [0.25, 0.3) is 10.8 Å². The van der Waals surface area contributed by atoms with Crippen molar-refractivity contribution in [2.45, 2.75) is 25.3 Å². The van der Waals surface area contributed by atoms with Gasteiger partial charge in [-0.05, 0) is 31.4 Å². The summed E-state index contributed by atoms with van der Waals surface area (Å²) < 4.78 is 0. The number of rotatable bonds is 3. The molecule has 0 bridgehead atoms. The zero-order valence-corrected chi connectivity index (χ0v) is 11.4. The Morgan fingerprint density at radius 3 is 2.90 bits per heavy atom. The lowest BCUT2D eigenvalue weighted by Crippen LogP contribution is -2.40. The summed E-state index contributed by atoms with van der Waals surface area (Å²) in [7, 11) is 0. The summed E-state index contributed by atoms with van der Waals surface area (Å²) in [6, 6.07) is 4.85. The topological polar surface area (TPSA) is 76.3 Å². The van der Waals surface area contributed by atoms with E-state index in [1.54, 1.807) is 18.3 Å². The van der Waals surface area contributed by atoms with Crippen LogP contribution in [0.2, 0.25) is 0 Å². The largest absolute Gasteiger partial charge is 0.361 e. The predicted molar refractivity (Wildman–Crippen MR) is 79.4 cm³/mol. The number of nitro groups is 1. The maximum Gasteiger partial charge on any atom is 0.278 e. The number of non-ortho nitro benzene ring substituents is 1. The standard InChI is InChI=1S/C15H15N3O3/c19-10-11-3-1-2-8-17(11)14-4-5-15(18(20)21)13-9-16-7-6-12(13)14/h4-7,9-11H,1-3,8H2. The van der Waals surface area contributed by atoms with Crippen molar-refractivity contribution in [3.05, 3.63) is 40.7 Å². The van der Waals surface area contributed by atoms with Crippen LogP contribution in [0.3, 0.4) is 0 Å². The molecule has 6 nitrogen and oxygen atoms in total. The Bertz CT molecular complexity index is 702. The normalized spacial score (nSPS) is 18.7. The lowest BCUT2D eigenvalue weighted by atomic mass is 10.00. The number of carbonyl (C=O) groups is 1. The second-order valence-electron chi connectivity index (χ2n) is 5.17. The third kappa shape index (κ3) is 2.33. The van der Waals surface area contributed by atoms with Crippen LogP contribution in [0.15, 0.2) is 30.6 Å². The number of benzene rings is 1. The van der Waals surface area contributed by atoms with E-state index in [0.29, 0.717) is 5.39 Å². The number of carbonyl (C=O) groups excluding carboxylic acids is 1. The van der Waals surface area contributed by atoms with Crippen molar-refractivity contribution >= 4 is 28.4 Å². The van der Waals surface area contributed by atoms with Gasteiger partial charge in [0.05, 0.1) is 16.4 Å². The number of hydrogen-bond acceptors (Lipinski definition) is 5. The average molecular weight is 285 g/mol. The molecule has 1 unspecified atom stereocenters. The molecule has 0 N–H and O–H groups in total. The fourth-order valence-electron chi connectivity index (χ4n) is 2.97. The summed E-state index contributed by atoms with van der Waals surface area (Å²) in [6.45, 7) is 0.790. The molecule has 1 aliphatic rings. The number of aromatic nitrogens is 1. The van der Waals surface area contributed by atoms with Crippen LogP contribution in [-0.2, 0) is 4.79 Å². The van der Waals surface area contributed by atoms with Gasteiger partial charge in [-0.3, -0.25) is 15.1 Å². The van der Waals surface area contributed by atoms with Gasteiger partial charge < -0.3 is 9.69 Å². The van der Waals surface area contributed by atoms with Crippen LogP contribution in [0, 0.1) is 10.1 Å². The molecule has 3 rings (SSSR count). The Morgan fingerprint density at radius 2 is 2.14 bits per heavy atom. The Labute approximate surface area is 121 Å². The van der Waals surface area contributed by atoms with E-state index >= 15 is 0 Å². The highest BCUT2D eigenvalue weighted by Crippen LogP contribution is 2.35. The molecule has 1 fully saturated rings. The van der Waals surface area contributed by atoms with E-state index < -0.39 is 4.92 Å². The minimum absolute atomic E-state index is 0.0431. The van der Waals surface area contributed by atoms with Gasteiger partial charge in [0.25, 0.3) is 5.69 Å². The van der Waals surface area contributed by atoms with Gasteiger partial charge in [0.2, 0.25) is 0 Å². The highest BCUT2D eigenvalue weighted by atomic mass is 16.6. The molecule has 1 atom stereocenters. The first-order valence-corrected chi connectivity index (χ1v) is 6.95. The first-order valence-electron chi connectivity index (χ1n) is 6.95. The van der Waals surface area contributed by atoms with Gasteiger partial charge in [-0.25, -0.2) is 0 Å². The van der Waals surface area contributed by atoms with Gasteiger partial charge in [0, 0.05) is 36.1 Å². The number of piperidine rings is 1. The van der Waals surface area contributed by atoms with E-state index in [-0.39, 0.29) is 11.7 Å². The smallest absolute Gasteiger partial charge is 0.278 e. The molecule has 21 heavy (non-hydrogen) atoms. The monoisotopic (exact) mass is 285 g/mol. The van der Waals surface area contributed by atoms with E-state index in [1.807, 2.05) is 4.90 Å². The summed E-state index contributed by atoms with van der Waals surface area (Å²) >= 11 is 0. The lowest BCUT2D eigenvalue weighted by molar-refractivity contribution is -0.383. The van der Waals surface area contributed by atoms with Gasteiger partial charge in [-0.2, -0.15) is 0 Å². The Morgan fingerprint density at radius 1 is 1.29 bits per heavy atom. The van der Waals surface area contributed by atoms with Crippen molar-refractivity contribution in [2.75, 3.05) is 11.4 Å². The molecule has 1 saturated heterocycles. The van der Waals surface area contributed by atoms with Gasteiger partial charge in [-0.15, -0.1) is 0 Å². The molecule has 0 amide bonds. The molecule has 108 valence electrons. The summed E-state index contributed by atoms with van der Waals surface area (Å²) in [6.07, 6.45) is 6.98. The van der Waals surface area contributed by atoms with Gasteiger partial charge in [-0.1, -0.05) is 0 Å². The highest BCUT2D eigenvalue weighted by molar-refractivity contribution is 6.00. The molecule has 1 aromatic carbocycles. The molecule has 6 heteroatoms. The summed E-state index contributed by atoms with van der Waals surface area (Å²) in [5, 5.41) is 12.4. The van der Waals surface area contributed by atoms with E-state index in [9.17, 15) is 14.9 Å². The number of aldehydes is 1. The molecule has 0 saturated carbocycles. The average Bonchev–Trinajstić information content (AvgIpc) is 2.53. The van der Waals surface area contributed by atoms with Crippen LogP contribution in [-0.4, -0.2) is 28.8 Å². The molecular formula is C15H15N3O3. The third-order valence-corrected chi connectivity index (χ3v) is 3.98. The van der Waals surface area contributed by atoms with Crippen molar-refractivity contribution in [1.29, 1.82) is 0 Å². The second kappa shape index (κ2) is 5.47. The summed E-state index contributed by atoms with van der Waals surface area (Å²) in [5.41, 5.74) is 0.913. The number of nitrogens with zero attached hydrogens (tertiary/aromatic N) is 3. The van der Waals surface area contributed by atoms with E-state index in [0.717, 1.165) is 43.2 Å². The first kappa shape index (κ1) is 13.5. The number of anilines is 1. The summed E-state index contributed by atoms with van der Waals surface area (Å²) in [4.78, 5) is 28.1. The van der Waals surface area contributed by atoms with Crippen LogP contribution in [0.4, 0.5) is 11.4 Å². The molecule has 0 aliphatic carbocycles. The Hall–Kier alpha value is -2.50. The van der Waals surface area contributed by atoms with Crippen LogP contribution < -0.4 is 4.90 Å². The van der Waals surface area contributed by atoms with Crippen LogP contribution >= 0.6 is 0 Å². The molecule has 0 spiro atoms. The Kier molecular flexibility index (Phi) is 3.51. The zero-order valence-electron chi connectivity index (χ0n) is 11.4. The van der Waals surface area contributed by atoms with Crippen LogP contribution in [0.1, 0.15) is 19.3 Å². The van der Waals surface area contributed by atoms with Crippen molar-refractivity contribution in [2.24, 2.45) is 0 Å². The SMILES string of the molecule is O=CC1CCCCN1c1ccc([N+](=O)[O-])c2cnccc12. The van der Waals surface area contributed by atoms with Gasteiger partial charge in [0.1, 0.15) is 6.29 Å². The minimum atomic E-state index is -0.402. The minimum Gasteiger partial charge on any atom is -0.361 e. The molecule has 2 aromatic rings. The van der Waals surface area contributed by atoms with Gasteiger partial charge >= 0.3 is 0 Å². The van der Waals surface area contributed by atoms with Crippen molar-refractivity contribution in [1.82, 2.24) is 4.98 Å². The fraction of sp³-hybridized carbons (Fsp3) is 0.333. The van der Waals surface area contributed by atoms with E-state index in [1.165, 1.54) is 12.3 Å². The lowest BCUT2D eigenvalue weighted by Gasteiger charge is -2.35. The maximum atomic E-state index is 11.3. The quantitative estimate of drug-likeness (QED) is 0.492. The van der Waals surface area contributed by atoms with Crippen molar-refractivity contribution < 1.29 is 9.72 Å². The second-order valence-corrected chi connectivity index (χ2v) is 5.17. The number of pyridine rings is 1. The fourth-order valence-corrected chi connectivity index (χ4v) is 2.97. The number of fused-ring (bicyclic) bond motifs is 1. The highest BCUT2D eigenvalue weighted by Gasteiger charge is 2.25. The van der Waals surface area contributed by atoms with Crippen LogP contribution in [0.5, 0.6) is 0 Å². The molecule has 1 aliphatic heterocycles. The van der Waals surface area contributed by atoms with E-state index in [2.05, 4.69) is 4.98 Å².